The average Bonchev–Trinajstić information content (AvgIpc) is 3.27. The number of phenolic OH excluding ortho intramolecular Hbond substituents is 1. The number of carbonyl (C=O) groups is 1. The summed E-state index contributed by atoms with van der Waals surface area (Å²) in [6.45, 7) is 12.1. The predicted octanol–water partition coefficient (Wildman–Crippen LogP) is 4.10. The quantitative estimate of drug-likeness (QED) is 0.627. The molecule has 0 aliphatic carbocycles. The maximum Gasteiger partial charge on any atom is 0.317 e. The van der Waals surface area contributed by atoms with Crippen molar-refractivity contribution in [3.63, 3.8) is 0 Å². The third-order valence-corrected chi connectivity index (χ3v) is 6.73. The Morgan fingerprint density at radius 2 is 1.45 bits per heavy atom. The molecule has 33 heavy (non-hydrogen) atoms. The number of esters is 1. The van der Waals surface area contributed by atoms with Crippen LogP contribution in [-0.2, 0) is 20.4 Å². The summed E-state index contributed by atoms with van der Waals surface area (Å²) in [5.41, 5.74) is 2.35. The molecule has 3 unspecified atom stereocenters. The number of rotatable bonds is 1. The first kappa shape index (κ1) is 21.9. The minimum atomic E-state index is -1.80. The summed E-state index contributed by atoms with van der Waals surface area (Å²) in [6, 6.07) is 7.37. The minimum Gasteiger partial charge on any atom is -0.507 e. The van der Waals surface area contributed by atoms with E-state index in [0.717, 1.165) is 16.7 Å². The number of hydrogen-bond acceptors (Lipinski definition) is 7. The lowest BCUT2D eigenvalue weighted by Crippen LogP contribution is -2.50. The SMILES string of the molecule is CC(C)(C)c1cc(C2c3cc4c(cc3OC3(O)COC(=O)C23)OCO4)cc(C(C)(C)C)c1O. The molecule has 176 valence electrons. The number of phenols is 1. The highest BCUT2D eigenvalue weighted by atomic mass is 16.7. The highest BCUT2D eigenvalue weighted by Gasteiger charge is 2.60. The van der Waals surface area contributed by atoms with Crippen molar-refractivity contribution in [3.05, 3.63) is 46.5 Å². The van der Waals surface area contributed by atoms with Gasteiger partial charge in [0.15, 0.2) is 18.1 Å². The molecule has 0 bridgehead atoms. The Morgan fingerprint density at radius 1 is 0.879 bits per heavy atom. The first-order valence-corrected chi connectivity index (χ1v) is 11.2. The normalized spacial score (nSPS) is 25.8. The van der Waals surface area contributed by atoms with Crippen molar-refractivity contribution in [1.29, 1.82) is 0 Å². The van der Waals surface area contributed by atoms with Crippen LogP contribution in [0.4, 0.5) is 0 Å². The van der Waals surface area contributed by atoms with Crippen LogP contribution in [0.15, 0.2) is 24.3 Å². The number of carbonyl (C=O) groups excluding carboxylic acids is 1. The second-order valence-electron chi connectivity index (χ2n) is 11.2. The minimum absolute atomic E-state index is 0.0974. The highest BCUT2D eigenvalue weighted by molar-refractivity contribution is 5.80. The van der Waals surface area contributed by atoms with E-state index in [1.54, 1.807) is 6.07 Å². The standard InChI is InChI=1S/C26H30O7/c1-24(2,3)15-7-13(8-16(22(15)27)25(4,5)6)20-14-9-18-19(32-12-31-18)10-17(14)33-26(29)11-30-23(28)21(20)26/h7-10,20-21,27,29H,11-12H2,1-6H3. The van der Waals surface area contributed by atoms with Gasteiger partial charge in [-0.2, -0.15) is 0 Å². The van der Waals surface area contributed by atoms with E-state index in [4.69, 9.17) is 18.9 Å². The van der Waals surface area contributed by atoms with Crippen molar-refractivity contribution in [2.75, 3.05) is 13.4 Å². The second-order valence-corrected chi connectivity index (χ2v) is 11.2. The Labute approximate surface area is 193 Å². The third-order valence-electron chi connectivity index (χ3n) is 6.73. The smallest absolute Gasteiger partial charge is 0.317 e. The van der Waals surface area contributed by atoms with Crippen LogP contribution >= 0.6 is 0 Å². The number of aromatic hydroxyl groups is 1. The Hall–Kier alpha value is -2.93. The molecule has 1 fully saturated rings. The lowest BCUT2D eigenvalue weighted by atomic mass is 9.71. The van der Waals surface area contributed by atoms with E-state index in [1.807, 2.05) is 59.7 Å². The fourth-order valence-corrected chi connectivity index (χ4v) is 5.02. The number of aliphatic hydroxyl groups is 1. The van der Waals surface area contributed by atoms with E-state index in [1.165, 1.54) is 0 Å². The van der Waals surface area contributed by atoms with Crippen LogP contribution in [-0.4, -0.2) is 35.4 Å². The van der Waals surface area contributed by atoms with Crippen LogP contribution in [0.5, 0.6) is 23.0 Å². The average molecular weight is 455 g/mol. The summed E-state index contributed by atoms with van der Waals surface area (Å²) in [6.07, 6.45) is 0. The van der Waals surface area contributed by atoms with Gasteiger partial charge >= 0.3 is 5.97 Å². The van der Waals surface area contributed by atoms with Crippen LogP contribution < -0.4 is 14.2 Å². The molecular formula is C26H30O7. The maximum absolute atomic E-state index is 12.9. The molecule has 1 saturated heterocycles. The summed E-state index contributed by atoms with van der Waals surface area (Å²) in [5.74, 6) is -2.09. The topological polar surface area (TPSA) is 94.5 Å². The zero-order chi connectivity index (χ0) is 23.9. The van der Waals surface area contributed by atoms with E-state index in [-0.39, 0.29) is 30.0 Å². The van der Waals surface area contributed by atoms with Crippen molar-refractivity contribution >= 4 is 5.97 Å². The molecule has 3 aliphatic heterocycles. The van der Waals surface area contributed by atoms with Crippen LogP contribution in [0, 0.1) is 5.92 Å². The fourth-order valence-electron chi connectivity index (χ4n) is 5.02. The lowest BCUT2D eigenvalue weighted by molar-refractivity contribution is -0.173. The number of fused-ring (bicyclic) bond motifs is 3. The van der Waals surface area contributed by atoms with Gasteiger partial charge in [0, 0.05) is 17.5 Å². The summed E-state index contributed by atoms with van der Waals surface area (Å²) in [7, 11) is 0. The van der Waals surface area contributed by atoms with Crippen LogP contribution in [0.1, 0.15) is 69.7 Å². The lowest BCUT2D eigenvalue weighted by Gasteiger charge is -2.39. The molecule has 3 aliphatic rings. The molecule has 0 spiro atoms. The molecule has 0 radical (unpaired) electrons. The molecule has 0 aromatic heterocycles. The molecule has 0 saturated carbocycles. The molecule has 2 N–H and O–H groups in total. The van der Waals surface area contributed by atoms with Gasteiger partial charge in [0.2, 0.25) is 6.79 Å². The van der Waals surface area contributed by atoms with E-state index >= 15 is 0 Å². The summed E-state index contributed by atoms with van der Waals surface area (Å²) in [4.78, 5) is 12.9. The molecule has 3 atom stereocenters. The van der Waals surface area contributed by atoms with E-state index in [0.29, 0.717) is 22.8 Å². The van der Waals surface area contributed by atoms with Gasteiger partial charge in [-0.25, -0.2) is 0 Å². The van der Waals surface area contributed by atoms with Gasteiger partial charge in [0.25, 0.3) is 5.79 Å². The fraction of sp³-hybridized carbons (Fsp3) is 0.500. The number of hydrogen-bond donors (Lipinski definition) is 2. The second kappa shape index (κ2) is 6.79. The van der Waals surface area contributed by atoms with Gasteiger partial charge in [-0.15, -0.1) is 0 Å². The first-order chi connectivity index (χ1) is 15.3. The Bertz CT molecular complexity index is 1120. The van der Waals surface area contributed by atoms with Crippen LogP contribution in [0.25, 0.3) is 0 Å². The highest BCUT2D eigenvalue weighted by Crippen LogP contribution is 2.55. The number of ether oxygens (including phenoxy) is 4. The van der Waals surface area contributed by atoms with Crippen LogP contribution in [0.3, 0.4) is 0 Å². The van der Waals surface area contributed by atoms with Crippen molar-refractivity contribution in [1.82, 2.24) is 0 Å². The zero-order valence-electron chi connectivity index (χ0n) is 19.8. The molecule has 0 amide bonds. The van der Waals surface area contributed by atoms with E-state index < -0.39 is 23.6 Å². The van der Waals surface area contributed by atoms with E-state index in [2.05, 4.69) is 0 Å². The molecule has 7 nitrogen and oxygen atoms in total. The maximum atomic E-state index is 12.9. The molecule has 2 aromatic rings. The van der Waals surface area contributed by atoms with Crippen molar-refractivity contribution in [3.8, 4) is 23.0 Å². The van der Waals surface area contributed by atoms with Gasteiger partial charge in [0.05, 0.1) is 0 Å². The monoisotopic (exact) mass is 454 g/mol. The van der Waals surface area contributed by atoms with Gasteiger partial charge < -0.3 is 29.2 Å². The largest absolute Gasteiger partial charge is 0.507 e. The molecular weight excluding hydrogens is 424 g/mol. The van der Waals surface area contributed by atoms with Crippen molar-refractivity contribution < 1.29 is 34.0 Å². The number of cyclic esters (lactones) is 1. The predicted molar refractivity (Wildman–Crippen MR) is 120 cm³/mol. The Morgan fingerprint density at radius 3 is 2.03 bits per heavy atom. The summed E-state index contributed by atoms with van der Waals surface area (Å²) >= 11 is 0. The van der Waals surface area contributed by atoms with Gasteiger partial charge in [-0.3, -0.25) is 4.79 Å². The van der Waals surface area contributed by atoms with Crippen LogP contribution in [0.2, 0.25) is 0 Å². The van der Waals surface area contributed by atoms with Gasteiger partial charge in [-0.1, -0.05) is 53.7 Å². The molecule has 5 rings (SSSR count). The molecule has 2 aromatic carbocycles. The van der Waals surface area contributed by atoms with Gasteiger partial charge in [-0.05, 0) is 33.6 Å². The zero-order valence-corrected chi connectivity index (χ0v) is 19.8. The summed E-state index contributed by atoms with van der Waals surface area (Å²) < 4.78 is 22.3. The van der Waals surface area contributed by atoms with Crippen molar-refractivity contribution in [2.45, 2.75) is 64.1 Å². The molecule has 3 heterocycles. The number of benzene rings is 2. The Kier molecular flexibility index (Phi) is 4.51. The first-order valence-electron chi connectivity index (χ1n) is 11.2. The van der Waals surface area contributed by atoms with Crippen molar-refractivity contribution in [2.24, 2.45) is 5.92 Å². The van der Waals surface area contributed by atoms with Gasteiger partial charge in [0.1, 0.15) is 17.4 Å². The third kappa shape index (κ3) is 3.32. The van der Waals surface area contributed by atoms with E-state index in [9.17, 15) is 15.0 Å². The Balaban J connectivity index is 1.80. The molecule has 7 heteroatoms. The summed E-state index contributed by atoms with van der Waals surface area (Å²) in [5, 5.41) is 22.5.